The first-order valence-electron chi connectivity index (χ1n) is 6.78. The van der Waals surface area contributed by atoms with E-state index in [1.165, 1.54) is 0 Å². The maximum absolute atomic E-state index is 5.77. The van der Waals surface area contributed by atoms with Crippen molar-refractivity contribution in [3.8, 4) is 5.75 Å². The van der Waals surface area contributed by atoms with Crippen molar-refractivity contribution in [3.63, 3.8) is 0 Å². The highest BCUT2D eigenvalue weighted by Crippen LogP contribution is 2.27. The van der Waals surface area contributed by atoms with Crippen molar-refractivity contribution in [3.05, 3.63) is 42.2 Å². The number of rotatable bonds is 5. The van der Waals surface area contributed by atoms with Gasteiger partial charge in [-0.15, -0.1) is 0 Å². The molecule has 0 aliphatic heterocycles. The molecule has 0 aliphatic rings. The van der Waals surface area contributed by atoms with Crippen LogP contribution in [0.3, 0.4) is 0 Å². The molecule has 0 unspecified atom stereocenters. The first-order chi connectivity index (χ1) is 9.78. The molecule has 3 aromatic rings. The third-order valence-electron chi connectivity index (χ3n) is 3.11. The molecule has 2 heterocycles. The molecule has 1 aromatic carbocycles. The number of hydrogen-bond donors (Lipinski definition) is 0. The molecule has 0 N–H and O–H groups in total. The van der Waals surface area contributed by atoms with Gasteiger partial charge < -0.3 is 13.8 Å². The molecule has 5 nitrogen and oxygen atoms in total. The van der Waals surface area contributed by atoms with E-state index in [1.807, 2.05) is 25.3 Å². The second-order valence-corrected chi connectivity index (χ2v) is 4.72. The molecule has 104 valence electrons. The van der Waals surface area contributed by atoms with Crippen molar-refractivity contribution in [1.82, 2.24) is 14.7 Å². The van der Waals surface area contributed by atoms with Crippen molar-refractivity contribution in [2.24, 2.45) is 0 Å². The lowest BCUT2D eigenvalue weighted by Gasteiger charge is -2.07. The molecular formula is C15H17N3O2. The molecule has 0 spiro atoms. The number of aryl methyl sites for hydroxylation is 1. The Morgan fingerprint density at radius 1 is 1.30 bits per heavy atom. The predicted octanol–water partition coefficient (Wildman–Crippen LogP) is 3.17. The fraction of sp³-hybridized carbons (Fsp3) is 0.333. The van der Waals surface area contributed by atoms with Gasteiger partial charge in [-0.05, 0) is 31.5 Å². The molecule has 0 fully saturated rings. The van der Waals surface area contributed by atoms with E-state index < -0.39 is 0 Å². The Hall–Kier alpha value is -2.30. The van der Waals surface area contributed by atoms with Crippen LogP contribution in [-0.2, 0) is 6.54 Å². The van der Waals surface area contributed by atoms with Crippen LogP contribution in [0.2, 0.25) is 0 Å². The summed E-state index contributed by atoms with van der Waals surface area (Å²) >= 11 is 0. The van der Waals surface area contributed by atoms with Gasteiger partial charge in [0.05, 0.1) is 12.1 Å². The molecule has 5 heteroatoms. The second kappa shape index (κ2) is 5.36. The molecule has 3 rings (SSSR count). The van der Waals surface area contributed by atoms with Crippen LogP contribution < -0.4 is 4.74 Å². The summed E-state index contributed by atoms with van der Waals surface area (Å²) in [5.41, 5.74) is 1.11. The van der Waals surface area contributed by atoms with Crippen LogP contribution >= 0.6 is 0 Å². The van der Waals surface area contributed by atoms with E-state index in [0.29, 0.717) is 18.3 Å². The summed E-state index contributed by atoms with van der Waals surface area (Å²) in [5.74, 6) is 2.19. The smallest absolute Gasteiger partial charge is 0.246 e. The summed E-state index contributed by atoms with van der Waals surface area (Å²) in [6.45, 7) is 5.22. The topological polar surface area (TPSA) is 53.1 Å². The van der Waals surface area contributed by atoms with E-state index in [2.05, 4.69) is 33.8 Å². The van der Waals surface area contributed by atoms with Crippen molar-refractivity contribution >= 4 is 10.9 Å². The largest absolute Gasteiger partial charge is 0.493 e. The molecule has 0 radical (unpaired) electrons. The summed E-state index contributed by atoms with van der Waals surface area (Å²) in [4.78, 5) is 4.23. The predicted molar refractivity (Wildman–Crippen MR) is 75.9 cm³/mol. The van der Waals surface area contributed by atoms with Gasteiger partial charge >= 0.3 is 0 Å². The average molecular weight is 271 g/mol. The zero-order chi connectivity index (χ0) is 13.9. The SMILES string of the molecule is CCCOc1cccc2c1ccn2Cc1nc(C)no1. The molecule has 0 saturated carbocycles. The third kappa shape index (κ3) is 2.39. The van der Waals surface area contributed by atoms with Gasteiger partial charge in [0.2, 0.25) is 5.89 Å². The Morgan fingerprint density at radius 3 is 2.95 bits per heavy atom. The molecule has 0 amide bonds. The van der Waals surface area contributed by atoms with Crippen molar-refractivity contribution in [2.45, 2.75) is 26.8 Å². The molecule has 0 bridgehead atoms. The third-order valence-corrected chi connectivity index (χ3v) is 3.11. The van der Waals surface area contributed by atoms with Crippen LogP contribution in [0.1, 0.15) is 25.1 Å². The zero-order valence-electron chi connectivity index (χ0n) is 11.7. The van der Waals surface area contributed by atoms with Crippen LogP contribution in [0.25, 0.3) is 10.9 Å². The first kappa shape index (κ1) is 12.7. The van der Waals surface area contributed by atoms with Crippen LogP contribution in [0.5, 0.6) is 5.75 Å². The molecular weight excluding hydrogens is 254 g/mol. The van der Waals surface area contributed by atoms with Crippen molar-refractivity contribution in [1.29, 1.82) is 0 Å². The minimum Gasteiger partial charge on any atom is -0.493 e. The number of fused-ring (bicyclic) bond motifs is 1. The van der Waals surface area contributed by atoms with E-state index >= 15 is 0 Å². The minimum absolute atomic E-state index is 0.571. The Morgan fingerprint density at radius 2 is 2.20 bits per heavy atom. The van der Waals surface area contributed by atoms with Crippen LogP contribution in [0.15, 0.2) is 35.0 Å². The number of ether oxygens (including phenoxy) is 1. The lowest BCUT2D eigenvalue weighted by molar-refractivity contribution is 0.321. The average Bonchev–Trinajstić information content (AvgIpc) is 3.04. The monoisotopic (exact) mass is 271 g/mol. The lowest BCUT2D eigenvalue weighted by Crippen LogP contribution is -1.99. The van der Waals surface area contributed by atoms with Crippen LogP contribution in [0.4, 0.5) is 0 Å². The van der Waals surface area contributed by atoms with Gasteiger partial charge in [-0.25, -0.2) is 0 Å². The van der Waals surface area contributed by atoms with Crippen LogP contribution in [0, 0.1) is 6.92 Å². The van der Waals surface area contributed by atoms with Gasteiger partial charge in [0.15, 0.2) is 5.82 Å². The van der Waals surface area contributed by atoms with Gasteiger partial charge in [-0.3, -0.25) is 0 Å². The Balaban J connectivity index is 1.92. The molecule has 2 aromatic heterocycles. The Bertz CT molecular complexity index is 715. The molecule has 0 saturated heterocycles. The summed E-state index contributed by atoms with van der Waals surface area (Å²) in [6.07, 6.45) is 3.02. The zero-order valence-corrected chi connectivity index (χ0v) is 11.7. The fourth-order valence-corrected chi connectivity index (χ4v) is 2.22. The second-order valence-electron chi connectivity index (χ2n) is 4.72. The lowest BCUT2D eigenvalue weighted by atomic mass is 10.2. The van der Waals surface area contributed by atoms with Crippen molar-refractivity contribution in [2.75, 3.05) is 6.61 Å². The summed E-state index contributed by atoms with van der Waals surface area (Å²) in [6, 6.07) is 8.13. The first-order valence-corrected chi connectivity index (χ1v) is 6.78. The molecule has 0 aliphatic carbocycles. The van der Waals surface area contributed by atoms with Crippen molar-refractivity contribution < 1.29 is 9.26 Å². The normalized spacial score (nSPS) is 11.1. The maximum atomic E-state index is 5.77. The van der Waals surface area contributed by atoms with Gasteiger partial charge in [-0.1, -0.05) is 18.1 Å². The minimum atomic E-state index is 0.571. The van der Waals surface area contributed by atoms with E-state index in [1.54, 1.807) is 0 Å². The van der Waals surface area contributed by atoms with E-state index in [4.69, 9.17) is 9.26 Å². The fourth-order valence-electron chi connectivity index (χ4n) is 2.22. The maximum Gasteiger partial charge on any atom is 0.246 e. The van der Waals surface area contributed by atoms with E-state index in [9.17, 15) is 0 Å². The van der Waals surface area contributed by atoms with Gasteiger partial charge in [0, 0.05) is 11.6 Å². The van der Waals surface area contributed by atoms with Crippen LogP contribution in [-0.4, -0.2) is 21.3 Å². The van der Waals surface area contributed by atoms with Gasteiger partial charge in [0.25, 0.3) is 0 Å². The number of nitrogens with zero attached hydrogens (tertiary/aromatic N) is 3. The molecule has 20 heavy (non-hydrogen) atoms. The Kier molecular flexibility index (Phi) is 3.41. The summed E-state index contributed by atoms with van der Waals surface area (Å²) in [5, 5.41) is 4.92. The highest BCUT2D eigenvalue weighted by atomic mass is 16.5. The molecule has 0 atom stereocenters. The summed E-state index contributed by atoms with van der Waals surface area (Å²) in [7, 11) is 0. The van der Waals surface area contributed by atoms with E-state index in [-0.39, 0.29) is 0 Å². The summed E-state index contributed by atoms with van der Waals surface area (Å²) < 4.78 is 13.0. The Labute approximate surface area is 117 Å². The number of benzene rings is 1. The highest BCUT2D eigenvalue weighted by Gasteiger charge is 2.09. The number of hydrogen-bond acceptors (Lipinski definition) is 4. The van der Waals surface area contributed by atoms with E-state index in [0.717, 1.165) is 29.7 Å². The van der Waals surface area contributed by atoms with Gasteiger partial charge in [-0.2, -0.15) is 4.98 Å². The standard InChI is InChI=1S/C15H17N3O2/c1-3-9-19-14-6-4-5-13-12(14)7-8-18(13)10-15-16-11(2)17-20-15/h4-8H,3,9-10H2,1-2H3. The highest BCUT2D eigenvalue weighted by molar-refractivity contribution is 5.86. The number of aromatic nitrogens is 3. The quantitative estimate of drug-likeness (QED) is 0.715. The van der Waals surface area contributed by atoms with Gasteiger partial charge in [0.1, 0.15) is 12.3 Å².